The molecule has 0 amide bonds. The Morgan fingerprint density at radius 1 is 1.23 bits per heavy atom. The average molecular weight is 386 g/mol. The Hall–Kier alpha value is -2.02. The second kappa shape index (κ2) is 7.70. The van der Waals surface area contributed by atoms with Crippen molar-refractivity contribution in [3.05, 3.63) is 57.0 Å². The SMILES string of the molecule is O=c1[nH]ncc(N2CCC(CCc3ccccc3C(F)(F)F)CC2)c1Cl. The van der Waals surface area contributed by atoms with Crippen molar-refractivity contribution in [3.63, 3.8) is 0 Å². The Labute approximate surface area is 154 Å². The van der Waals surface area contributed by atoms with Crippen LogP contribution in [0, 0.1) is 5.92 Å². The number of H-pyrrole nitrogens is 1. The van der Waals surface area contributed by atoms with Crippen LogP contribution < -0.4 is 10.5 Å². The molecule has 0 aliphatic carbocycles. The van der Waals surface area contributed by atoms with Gasteiger partial charge in [0.1, 0.15) is 5.02 Å². The predicted molar refractivity (Wildman–Crippen MR) is 94.6 cm³/mol. The summed E-state index contributed by atoms with van der Waals surface area (Å²) < 4.78 is 39.2. The van der Waals surface area contributed by atoms with Crippen molar-refractivity contribution < 1.29 is 13.2 Å². The Kier molecular flexibility index (Phi) is 5.55. The van der Waals surface area contributed by atoms with Gasteiger partial charge >= 0.3 is 6.18 Å². The monoisotopic (exact) mass is 385 g/mol. The van der Waals surface area contributed by atoms with Crippen LogP contribution in [0.25, 0.3) is 0 Å². The number of alkyl halides is 3. The number of benzene rings is 1. The van der Waals surface area contributed by atoms with Crippen molar-refractivity contribution in [2.75, 3.05) is 18.0 Å². The molecule has 0 saturated carbocycles. The summed E-state index contributed by atoms with van der Waals surface area (Å²) in [7, 11) is 0. The van der Waals surface area contributed by atoms with Gasteiger partial charge in [0.05, 0.1) is 17.4 Å². The number of hydrogen-bond donors (Lipinski definition) is 1. The molecule has 3 rings (SSSR count). The Bertz CT molecular complexity index is 814. The molecule has 1 aromatic carbocycles. The summed E-state index contributed by atoms with van der Waals surface area (Å²) in [6.07, 6.45) is 0.0261. The first-order valence-corrected chi connectivity index (χ1v) is 8.87. The van der Waals surface area contributed by atoms with Gasteiger partial charge < -0.3 is 4.90 Å². The number of anilines is 1. The van der Waals surface area contributed by atoms with E-state index in [-0.39, 0.29) is 5.02 Å². The smallest absolute Gasteiger partial charge is 0.369 e. The molecule has 1 aromatic heterocycles. The molecule has 26 heavy (non-hydrogen) atoms. The minimum Gasteiger partial charge on any atom is -0.369 e. The highest BCUT2D eigenvalue weighted by atomic mass is 35.5. The molecule has 0 unspecified atom stereocenters. The zero-order chi connectivity index (χ0) is 18.7. The lowest BCUT2D eigenvalue weighted by atomic mass is 9.89. The fourth-order valence-electron chi connectivity index (χ4n) is 3.43. The Balaban J connectivity index is 1.59. The molecule has 1 fully saturated rings. The van der Waals surface area contributed by atoms with E-state index in [0.29, 0.717) is 43.1 Å². The summed E-state index contributed by atoms with van der Waals surface area (Å²) in [5.41, 5.74) is -0.00518. The van der Waals surface area contributed by atoms with E-state index in [0.717, 1.165) is 18.9 Å². The largest absolute Gasteiger partial charge is 0.416 e. The molecule has 0 atom stereocenters. The number of halogens is 4. The minimum atomic E-state index is -4.32. The first kappa shape index (κ1) is 18.8. The number of nitrogens with one attached hydrogen (secondary N) is 1. The van der Waals surface area contributed by atoms with Crippen molar-refractivity contribution in [1.29, 1.82) is 0 Å². The third kappa shape index (κ3) is 4.20. The number of nitrogens with zero attached hydrogens (tertiary/aromatic N) is 2. The highest BCUT2D eigenvalue weighted by Gasteiger charge is 2.33. The normalized spacial score (nSPS) is 16.1. The van der Waals surface area contributed by atoms with Crippen molar-refractivity contribution in [2.24, 2.45) is 5.92 Å². The lowest BCUT2D eigenvalue weighted by molar-refractivity contribution is -0.138. The molecule has 0 bridgehead atoms. The second-order valence-electron chi connectivity index (χ2n) is 6.52. The summed E-state index contributed by atoms with van der Waals surface area (Å²) in [6, 6.07) is 5.76. The van der Waals surface area contributed by atoms with Gasteiger partial charge in [0, 0.05) is 13.1 Å². The van der Waals surface area contributed by atoms with E-state index in [9.17, 15) is 18.0 Å². The zero-order valence-corrected chi connectivity index (χ0v) is 14.8. The van der Waals surface area contributed by atoms with E-state index in [1.807, 2.05) is 4.90 Å². The Morgan fingerprint density at radius 2 is 1.92 bits per heavy atom. The molecule has 4 nitrogen and oxygen atoms in total. The van der Waals surface area contributed by atoms with Crippen molar-refractivity contribution >= 4 is 17.3 Å². The molecule has 8 heteroatoms. The summed E-state index contributed by atoms with van der Waals surface area (Å²) in [5, 5.41) is 6.19. The zero-order valence-electron chi connectivity index (χ0n) is 14.0. The van der Waals surface area contributed by atoms with Crippen LogP contribution in [-0.2, 0) is 12.6 Å². The van der Waals surface area contributed by atoms with Crippen LogP contribution in [0.1, 0.15) is 30.4 Å². The molecule has 0 spiro atoms. The highest BCUT2D eigenvalue weighted by Crippen LogP contribution is 2.34. The van der Waals surface area contributed by atoms with Gasteiger partial charge in [0.15, 0.2) is 0 Å². The lowest BCUT2D eigenvalue weighted by Crippen LogP contribution is -2.35. The van der Waals surface area contributed by atoms with E-state index in [1.54, 1.807) is 12.1 Å². The van der Waals surface area contributed by atoms with E-state index in [4.69, 9.17) is 11.6 Å². The Morgan fingerprint density at radius 3 is 2.62 bits per heavy atom. The molecule has 1 aliphatic heterocycles. The highest BCUT2D eigenvalue weighted by molar-refractivity contribution is 6.32. The molecule has 1 saturated heterocycles. The average Bonchev–Trinajstić information content (AvgIpc) is 2.62. The maximum Gasteiger partial charge on any atom is 0.416 e. The maximum atomic E-state index is 13.1. The molecule has 2 heterocycles. The minimum absolute atomic E-state index is 0.123. The van der Waals surface area contributed by atoms with Gasteiger partial charge in [-0.15, -0.1) is 0 Å². The van der Waals surface area contributed by atoms with Crippen molar-refractivity contribution in [1.82, 2.24) is 10.2 Å². The molecular formula is C18H19ClF3N3O. The first-order valence-electron chi connectivity index (χ1n) is 8.49. The van der Waals surface area contributed by atoms with E-state index < -0.39 is 17.3 Å². The van der Waals surface area contributed by atoms with Gasteiger partial charge in [-0.25, -0.2) is 5.10 Å². The van der Waals surface area contributed by atoms with Gasteiger partial charge in [-0.1, -0.05) is 29.8 Å². The van der Waals surface area contributed by atoms with Gasteiger partial charge in [-0.2, -0.15) is 18.3 Å². The van der Waals surface area contributed by atoms with Gasteiger partial charge in [0.2, 0.25) is 0 Å². The molecular weight excluding hydrogens is 367 g/mol. The molecule has 2 aromatic rings. The summed E-state index contributed by atoms with van der Waals surface area (Å²) in [4.78, 5) is 13.6. The van der Waals surface area contributed by atoms with Crippen LogP contribution in [0.4, 0.5) is 18.9 Å². The summed E-state index contributed by atoms with van der Waals surface area (Å²) in [5.74, 6) is 0.348. The number of aryl methyl sites for hydroxylation is 1. The first-order chi connectivity index (χ1) is 12.4. The number of hydrogen-bond acceptors (Lipinski definition) is 3. The van der Waals surface area contributed by atoms with Crippen LogP contribution in [0.15, 0.2) is 35.3 Å². The van der Waals surface area contributed by atoms with Gasteiger partial charge in [0.25, 0.3) is 5.56 Å². The fraction of sp³-hybridized carbons (Fsp3) is 0.444. The second-order valence-corrected chi connectivity index (χ2v) is 6.90. The van der Waals surface area contributed by atoms with E-state index in [2.05, 4.69) is 10.2 Å². The number of aromatic amines is 1. The number of aromatic nitrogens is 2. The van der Waals surface area contributed by atoms with Crippen molar-refractivity contribution in [2.45, 2.75) is 31.9 Å². The van der Waals surface area contributed by atoms with Crippen LogP contribution in [0.2, 0.25) is 5.02 Å². The summed E-state index contributed by atoms with van der Waals surface area (Å²) >= 11 is 6.03. The predicted octanol–water partition coefficient (Wildman–Crippen LogP) is 4.29. The van der Waals surface area contributed by atoms with E-state index >= 15 is 0 Å². The molecule has 1 aliphatic rings. The summed E-state index contributed by atoms with van der Waals surface area (Å²) in [6.45, 7) is 1.41. The number of rotatable bonds is 4. The van der Waals surface area contributed by atoms with Crippen LogP contribution in [0.5, 0.6) is 0 Å². The van der Waals surface area contributed by atoms with Crippen LogP contribution >= 0.6 is 11.6 Å². The third-order valence-corrected chi connectivity index (χ3v) is 5.24. The fourth-order valence-corrected chi connectivity index (χ4v) is 3.64. The van der Waals surface area contributed by atoms with Crippen LogP contribution in [0.3, 0.4) is 0 Å². The molecule has 140 valence electrons. The lowest BCUT2D eigenvalue weighted by Gasteiger charge is -2.33. The van der Waals surface area contributed by atoms with Gasteiger partial charge in [-0.05, 0) is 43.2 Å². The quantitative estimate of drug-likeness (QED) is 0.854. The number of piperidine rings is 1. The standard InChI is InChI=1S/C18H19ClF3N3O/c19-16-15(11-23-24-17(16)26)25-9-7-12(8-10-25)5-6-13-3-1-2-4-14(13)18(20,21)22/h1-4,11-12H,5-10H2,(H,24,26). The van der Waals surface area contributed by atoms with E-state index in [1.165, 1.54) is 12.3 Å². The molecule has 1 N–H and O–H groups in total. The molecule has 0 radical (unpaired) electrons. The van der Waals surface area contributed by atoms with Crippen LogP contribution in [-0.4, -0.2) is 23.3 Å². The maximum absolute atomic E-state index is 13.1. The van der Waals surface area contributed by atoms with Gasteiger partial charge in [-0.3, -0.25) is 4.79 Å². The van der Waals surface area contributed by atoms with Crippen molar-refractivity contribution in [3.8, 4) is 0 Å². The third-order valence-electron chi connectivity index (χ3n) is 4.88. The topological polar surface area (TPSA) is 49.0 Å².